The lowest BCUT2D eigenvalue weighted by atomic mass is 10.1. The maximum absolute atomic E-state index is 12.5. The van der Waals surface area contributed by atoms with Crippen molar-refractivity contribution in [1.29, 1.82) is 0 Å². The van der Waals surface area contributed by atoms with E-state index < -0.39 is 0 Å². The number of hydrogen-bond acceptors (Lipinski definition) is 2. The molecule has 2 aliphatic rings. The van der Waals surface area contributed by atoms with Crippen LogP contribution in [0, 0.1) is 6.92 Å². The molecule has 3 rings (SSSR count). The van der Waals surface area contributed by atoms with Crippen LogP contribution in [0.1, 0.15) is 28.8 Å². The first kappa shape index (κ1) is 10.8. The summed E-state index contributed by atoms with van der Waals surface area (Å²) in [7, 11) is 0. The Hall–Kier alpha value is -1.35. The van der Waals surface area contributed by atoms with Gasteiger partial charge >= 0.3 is 0 Å². The number of rotatable bonds is 1. The van der Waals surface area contributed by atoms with Crippen LogP contribution in [0.3, 0.4) is 0 Å². The number of carbonyl (C=O) groups excluding carboxylic acids is 1. The normalized spacial score (nSPS) is 21.6. The molecule has 0 unspecified atom stereocenters. The van der Waals surface area contributed by atoms with Gasteiger partial charge in [0.25, 0.3) is 5.91 Å². The predicted octanol–water partition coefficient (Wildman–Crippen LogP) is 1.57. The van der Waals surface area contributed by atoms with Crippen LogP contribution in [-0.2, 0) is 0 Å². The van der Waals surface area contributed by atoms with E-state index in [2.05, 4.69) is 10.2 Å². The fourth-order valence-corrected chi connectivity index (χ4v) is 2.60. The summed E-state index contributed by atoms with van der Waals surface area (Å²) < 4.78 is 0. The Bertz CT molecular complexity index is 434. The molecule has 90 valence electrons. The second-order valence-electron chi connectivity index (χ2n) is 5.22. The van der Waals surface area contributed by atoms with Crippen molar-refractivity contribution in [3.63, 3.8) is 0 Å². The molecule has 0 aromatic heterocycles. The molecule has 1 saturated carbocycles. The van der Waals surface area contributed by atoms with E-state index in [4.69, 9.17) is 0 Å². The van der Waals surface area contributed by atoms with Gasteiger partial charge in [-0.15, -0.1) is 0 Å². The van der Waals surface area contributed by atoms with Gasteiger partial charge in [-0.25, -0.2) is 0 Å². The van der Waals surface area contributed by atoms with Crippen LogP contribution in [0.15, 0.2) is 24.3 Å². The third-order valence-corrected chi connectivity index (χ3v) is 3.91. The zero-order valence-corrected chi connectivity index (χ0v) is 10.2. The number of carbonyl (C=O) groups is 1. The molecule has 1 saturated heterocycles. The highest BCUT2D eigenvalue weighted by atomic mass is 16.2. The fraction of sp³-hybridized carbons (Fsp3) is 0.500. The summed E-state index contributed by atoms with van der Waals surface area (Å²) in [6, 6.07) is 7.90. The first-order valence-corrected chi connectivity index (χ1v) is 6.31. The molecule has 1 spiro atoms. The summed E-state index contributed by atoms with van der Waals surface area (Å²) >= 11 is 0. The summed E-state index contributed by atoms with van der Waals surface area (Å²) in [5.74, 6) is 0.198. The van der Waals surface area contributed by atoms with Crippen LogP contribution in [0.25, 0.3) is 0 Å². The Kier molecular flexibility index (Phi) is 2.44. The standard InChI is InChI=1S/C14H18N2O/c1-11-2-4-12(5-3-11)13(17)16-9-8-15-10-14(16)6-7-14/h2-5,15H,6-10H2,1H3. The number of aryl methyl sites for hydroxylation is 1. The third-order valence-electron chi connectivity index (χ3n) is 3.91. The highest BCUT2D eigenvalue weighted by Gasteiger charge is 2.51. The quantitative estimate of drug-likeness (QED) is 0.794. The number of benzene rings is 1. The van der Waals surface area contributed by atoms with Crippen LogP contribution in [0.4, 0.5) is 0 Å². The van der Waals surface area contributed by atoms with Crippen molar-refractivity contribution in [1.82, 2.24) is 10.2 Å². The lowest BCUT2D eigenvalue weighted by Crippen LogP contribution is -2.55. The van der Waals surface area contributed by atoms with Crippen LogP contribution in [-0.4, -0.2) is 36.0 Å². The molecule has 1 aliphatic heterocycles. The largest absolute Gasteiger partial charge is 0.330 e. The molecule has 1 aliphatic carbocycles. The van der Waals surface area contributed by atoms with E-state index in [-0.39, 0.29) is 11.4 Å². The molecule has 0 atom stereocenters. The molecule has 1 amide bonds. The van der Waals surface area contributed by atoms with Gasteiger partial charge in [0, 0.05) is 25.2 Å². The average Bonchev–Trinajstić information content (AvgIpc) is 3.10. The van der Waals surface area contributed by atoms with E-state index in [9.17, 15) is 4.79 Å². The Morgan fingerprint density at radius 1 is 1.29 bits per heavy atom. The fourth-order valence-electron chi connectivity index (χ4n) is 2.60. The highest BCUT2D eigenvalue weighted by Crippen LogP contribution is 2.42. The second kappa shape index (κ2) is 3.84. The topological polar surface area (TPSA) is 32.3 Å². The Morgan fingerprint density at radius 3 is 2.65 bits per heavy atom. The summed E-state index contributed by atoms with van der Waals surface area (Å²) in [5, 5.41) is 3.39. The van der Waals surface area contributed by atoms with Crippen molar-refractivity contribution in [2.24, 2.45) is 0 Å². The SMILES string of the molecule is Cc1ccc(C(=O)N2CCNCC23CC3)cc1. The minimum absolute atomic E-state index is 0.139. The number of nitrogens with one attached hydrogen (secondary N) is 1. The average molecular weight is 230 g/mol. The van der Waals surface area contributed by atoms with E-state index in [1.54, 1.807) is 0 Å². The van der Waals surface area contributed by atoms with Crippen molar-refractivity contribution in [2.75, 3.05) is 19.6 Å². The van der Waals surface area contributed by atoms with Crippen molar-refractivity contribution >= 4 is 5.91 Å². The molecule has 2 fully saturated rings. The van der Waals surface area contributed by atoms with Crippen molar-refractivity contribution < 1.29 is 4.79 Å². The lowest BCUT2D eigenvalue weighted by molar-refractivity contribution is 0.0600. The highest BCUT2D eigenvalue weighted by molar-refractivity contribution is 5.95. The van der Waals surface area contributed by atoms with Crippen molar-refractivity contribution in [3.8, 4) is 0 Å². The number of nitrogens with zero attached hydrogens (tertiary/aromatic N) is 1. The Labute approximate surface area is 102 Å². The molecule has 0 radical (unpaired) electrons. The van der Waals surface area contributed by atoms with Gasteiger partial charge < -0.3 is 10.2 Å². The summed E-state index contributed by atoms with van der Waals surface area (Å²) in [4.78, 5) is 14.5. The molecular weight excluding hydrogens is 212 g/mol. The summed E-state index contributed by atoms with van der Waals surface area (Å²) in [6.45, 7) is 4.76. The van der Waals surface area contributed by atoms with Gasteiger partial charge in [0.15, 0.2) is 0 Å². The van der Waals surface area contributed by atoms with Crippen molar-refractivity contribution in [3.05, 3.63) is 35.4 Å². The lowest BCUT2D eigenvalue weighted by Gasteiger charge is -2.36. The first-order chi connectivity index (χ1) is 8.21. The predicted molar refractivity (Wildman–Crippen MR) is 67.1 cm³/mol. The molecule has 1 heterocycles. The van der Waals surface area contributed by atoms with Crippen LogP contribution < -0.4 is 5.32 Å². The zero-order chi connectivity index (χ0) is 11.9. The van der Waals surface area contributed by atoms with E-state index in [1.807, 2.05) is 31.2 Å². The number of piperazine rings is 1. The van der Waals surface area contributed by atoms with Gasteiger partial charge in [-0.1, -0.05) is 17.7 Å². The minimum atomic E-state index is 0.139. The maximum Gasteiger partial charge on any atom is 0.254 e. The van der Waals surface area contributed by atoms with Gasteiger partial charge in [-0.05, 0) is 31.9 Å². The van der Waals surface area contributed by atoms with Crippen LogP contribution in [0.2, 0.25) is 0 Å². The van der Waals surface area contributed by atoms with E-state index >= 15 is 0 Å². The number of amides is 1. The molecule has 17 heavy (non-hydrogen) atoms. The van der Waals surface area contributed by atoms with Gasteiger partial charge in [0.05, 0.1) is 5.54 Å². The Balaban J connectivity index is 1.83. The van der Waals surface area contributed by atoms with E-state index in [0.29, 0.717) is 0 Å². The van der Waals surface area contributed by atoms with Crippen LogP contribution >= 0.6 is 0 Å². The second-order valence-corrected chi connectivity index (χ2v) is 5.22. The molecule has 0 bridgehead atoms. The smallest absolute Gasteiger partial charge is 0.254 e. The summed E-state index contributed by atoms with van der Waals surface area (Å²) in [6.07, 6.45) is 2.30. The number of hydrogen-bond donors (Lipinski definition) is 1. The van der Waals surface area contributed by atoms with Crippen molar-refractivity contribution in [2.45, 2.75) is 25.3 Å². The van der Waals surface area contributed by atoms with Crippen LogP contribution in [0.5, 0.6) is 0 Å². The Morgan fingerprint density at radius 2 is 2.00 bits per heavy atom. The summed E-state index contributed by atoms with van der Waals surface area (Å²) in [5.41, 5.74) is 2.16. The monoisotopic (exact) mass is 230 g/mol. The zero-order valence-electron chi connectivity index (χ0n) is 10.2. The molecule has 3 heteroatoms. The molecular formula is C14H18N2O. The molecule has 3 nitrogen and oxygen atoms in total. The first-order valence-electron chi connectivity index (χ1n) is 6.31. The minimum Gasteiger partial charge on any atom is -0.330 e. The van der Waals surface area contributed by atoms with Gasteiger partial charge in [0.1, 0.15) is 0 Å². The van der Waals surface area contributed by atoms with E-state index in [1.165, 1.54) is 5.56 Å². The van der Waals surface area contributed by atoms with Gasteiger partial charge in [-0.3, -0.25) is 4.79 Å². The van der Waals surface area contributed by atoms with E-state index in [0.717, 1.165) is 38.0 Å². The molecule has 1 N–H and O–H groups in total. The van der Waals surface area contributed by atoms with Gasteiger partial charge in [0.2, 0.25) is 0 Å². The molecule has 1 aromatic carbocycles. The van der Waals surface area contributed by atoms with Gasteiger partial charge in [-0.2, -0.15) is 0 Å². The maximum atomic E-state index is 12.5. The third kappa shape index (κ3) is 1.84. The molecule has 1 aromatic rings.